The van der Waals surface area contributed by atoms with E-state index in [0.717, 1.165) is 35.1 Å². The van der Waals surface area contributed by atoms with Crippen molar-refractivity contribution >= 4 is 35.1 Å². The van der Waals surface area contributed by atoms with Gasteiger partial charge in [0.2, 0.25) is 0 Å². The summed E-state index contributed by atoms with van der Waals surface area (Å²) < 4.78 is 1.99. The van der Waals surface area contributed by atoms with E-state index in [1.165, 1.54) is 11.5 Å². The molecule has 1 aromatic rings. The van der Waals surface area contributed by atoms with Crippen molar-refractivity contribution in [3.05, 3.63) is 16.4 Å². The predicted octanol–water partition coefficient (Wildman–Crippen LogP) is 2.09. The lowest BCUT2D eigenvalue weighted by molar-refractivity contribution is 0.497. The summed E-state index contributed by atoms with van der Waals surface area (Å²) in [6.07, 6.45) is 0.836. The molecule has 1 aliphatic rings. The van der Waals surface area contributed by atoms with Crippen molar-refractivity contribution in [3.8, 4) is 0 Å². The molecule has 0 amide bonds. The quantitative estimate of drug-likeness (QED) is 0.642. The number of aryl methyl sites for hydroxylation is 2. The number of rotatable bonds is 5. The number of hydrogen-bond donors (Lipinski definition) is 2. The smallest absolute Gasteiger partial charge is 0.0847 e. The maximum atomic E-state index is 6.37. The van der Waals surface area contributed by atoms with Crippen molar-refractivity contribution in [2.75, 3.05) is 17.3 Å². The summed E-state index contributed by atoms with van der Waals surface area (Å²) in [5.41, 5.74) is 4.97. The highest BCUT2D eigenvalue weighted by Crippen LogP contribution is 2.29. The molecular formula is C12H21ClN4S2. The first kappa shape index (κ1) is 15.5. The maximum absolute atomic E-state index is 6.37. The lowest BCUT2D eigenvalue weighted by Crippen LogP contribution is -2.46. The Hall–Kier alpha value is 0.120. The number of nitrogens with zero attached hydrogens (tertiary/aromatic N) is 2. The summed E-state index contributed by atoms with van der Waals surface area (Å²) in [5, 5.41) is 5.79. The Morgan fingerprint density at radius 3 is 2.95 bits per heavy atom. The zero-order chi connectivity index (χ0) is 13.8. The Balaban J connectivity index is 2.13. The number of aromatic nitrogens is 2. The highest BCUT2D eigenvalue weighted by atomic mass is 35.5. The first-order valence-electron chi connectivity index (χ1n) is 6.54. The molecule has 0 saturated carbocycles. The fraction of sp³-hybridized carbons (Fsp3) is 0.750. The van der Waals surface area contributed by atoms with E-state index in [0.29, 0.717) is 5.25 Å². The second kappa shape index (κ2) is 7.22. The summed E-state index contributed by atoms with van der Waals surface area (Å²) >= 11 is 10.4. The molecule has 19 heavy (non-hydrogen) atoms. The van der Waals surface area contributed by atoms with Crippen LogP contribution in [-0.4, -0.2) is 38.3 Å². The van der Waals surface area contributed by atoms with E-state index in [4.69, 9.17) is 17.4 Å². The second-order valence-electron chi connectivity index (χ2n) is 4.62. The van der Waals surface area contributed by atoms with Gasteiger partial charge in [0.25, 0.3) is 0 Å². The minimum atomic E-state index is 0.247. The van der Waals surface area contributed by atoms with Crippen molar-refractivity contribution in [1.82, 2.24) is 15.2 Å². The minimum absolute atomic E-state index is 0.247. The van der Waals surface area contributed by atoms with Gasteiger partial charge in [-0.1, -0.05) is 11.6 Å². The minimum Gasteiger partial charge on any atom is -0.271 e. The zero-order valence-electron chi connectivity index (χ0n) is 11.4. The number of nitrogens with two attached hydrogens (primary N) is 1. The Kier molecular flexibility index (Phi) is 5.89. The van der Waals surface area contributed by atoms with E-state index in [1.54, 1.807) is 0 Å². The van der Waals surface area contributed by atoms with E-state index < -0.39 is 0 Å². The molecule has 2 atom stereocenters. The fourth-order valence-corrected chi connectivity index (χ4v) is 5.39. The summed E-state index contributed by atoms with van der Waals surface area (Å²) in [4.78, 5) is 0. The summed E-state index contributed by atoms with van der Waals surface area (Å²) in [6.45, 7) is 4.88. The monoisotopic (exact) mass is 320 g/mol. The van der Waals surface area contributed by atoms with Crippen molar-refractivity contribution in [2.24, 2.45) is 5.84 Å². The third kappa shape index (κ3) is 3.61. The van der Waals surface area contributed by atoms with Gasteiger partial charge in [0, 0.05) is 41.5 Å². The molecule has 0 aromatic carbocycles. The third-order valence-electron chi connectivity index (χ3n) is 3.37. The molecule has 4 nitrogen and oxygen atoms in total. The van der Waals surface area contributed by atoms with E-state index in [-0.39, 0.29) is 6.04 Å². The van der Waals surface area contributed by atoms with Crippen LogP contribution in [0.25, 0.3) is 0 Å². The average molecular weight is 321 g/mol. The van der Waals surface area contributed by atoms with Gasteiger partial charge in [-0.15, -0.1) is 0 Å². The molecule has 0 bridgehead atoms. The van der Waals surface area contributed by atoms with Crippen LogP contribution >= 0.6 is 35.1 Å². The first-order chi connectivity index (χ1) is 9.17. The van der Waals surface area contributed by atoms with Crippen LogP contribution in [0, 0.1) is 6.92 Å². The van der Waals surface area contributed by atoms with Gasteiger partial charge in [-0.25, -0.2) is 0 Å². The number of nitrogens with one attached hydrogen (secondary N) is 1. The van der Waals surface area contributed by atoms with Crippen LogP contribution in [0.3, 0.4) is 0 Å². The number of halogens is 1. The maximum Gasteiger partial charge on any atom is 0.0847 e. The van der Waals surface area contributed by atoms with Crippen LogP contribution in [0.15, 0.2) is 0 Å². The van der Waals surface area contributed by atoms with Gasteiger partial charge in [0.05, 0.1) is 16.4 Å². The summed E-state index contributed by atoms with van der Waals surface area (Å²) in [7, 11) is 0. The molecule has 0 aliphatic carbocycles. The molecule has 1 aliphatic heterocycles. The van der Waals surface area contributed by atoms with Crippen molar-refractivity contribution in [2.45, 2.75) is 38.1 Å². The number of hydrogen-bond acceptors (Lipinski definition) is 5. The molecular weight excluding hydrogens is 300 g/mol. The van der Waals surface area contributed by atoms with Gasteiger partial charge in [-0.2, -0.15) is 28.6 Å². The zero-order valence-corrected chi connectivity index (χ0v) is 13.7. The van der Waals surface area contributed by atoms with Crippen LogP contribution in [0.1, 0.15) is 18.3 Å². The van der Waals surface area contributed by atoms with Crippen molar-refractivity contribution < 1.29 is 0 Å². The van der Waals surface area contributed by atoms with E-state index in [9.17, 15) is 0 Å². The van der Waals surface area contributed by atoms with Crippen molar-refractivity contribution in [3.63, 3.8) is 0 Å². The first-order valence-corrected chi connectivity index (χ1v) is 9.12. The van der Waals surface area contributed by atoms with Crippen LogP contribution in [0.5, 0.6) is 0 Å². The second-order valence-corrected chi connectivity index (χ2v) is 7.50. The molecule has 7 heteroatoms. The Labute approximate surface area is 128 Å². The largest absolute Gasteiger partial charge is 0.271 e. The van der Waals surface area contributed by atoms with Crippen LogP contribution in [-0.2, 0) is 13.0 Å². The van der Waals surface area contributed by atoms with Gasteiger partial charge < -0.3 is 0 Å². The highest BCUT2D eigenvalue weighted by Gasteiger charge is 2.26. The molecule has 1 fully saturated rings. The molecule has 3 N–H and O–H groups in total. The Morgan fingerprint density at radius 1 is 1.58 bits per heavy atom. The van der Waals surface area contributed by atoms with Crippen molar-refractivity contribution in [1.29, 1.82) is 0 Å². The van der Waals surface area contributed by atoms with Gasteiger partial charge in [-0.05, 0) is 13.8 Å². The third-order valence-corrected chi connectivity index (χ3v) is 6.78. The van der Waals surface area contributed by atoms with Gasteiger partial charge in [0.1, 0.15) is 0 Å². The van der Waals surface area contributed by atoms with Gasteiger partial charge >= 0.3 is 0 Å². The molecule has 108 valence electrons. The fourth-order valence-electron chi connectivity index (χ4n) is 2.31. The van der Waals surface area contributed by atoms with Crippen LogP contribution < -0.4 is 11.3 Å². The molecule has 2 rings (SSSR count). The van der Waals surface area contributed by atoms with Crippen LogP contribution in [0.2, 0.25) is 5.02 Å². The lowest BCUT2D eigenvalue weighted by atomic mass is 10.1. The predicted molar refractivity (Wildman–Crippen MR) is 86.0 cm³/mol. The standard InChI is InChI=1S/C12H21ClN4S2/c1-3-17-10(12(13)8(2)16-17)6-9(15-14)11-7-18-4-5-19-11/h9,11,15H,3-7,14H2,1-2H3. The lowest BCUT2D eigenvalue weighted by Gasteiger charge is -2.29. The number of hydrazine groups is 1. The van der Waals surface area contributed by atoms with Crippen LogP contribution in [0.4, 0.5) is 0 Å². The molecule has 0 radical (unpaired) electrons. The van der Waals surface area contributed by atoms with Gasteiger partial charge in [0.15, 0.2) is 0 Å². The van der Waals surface area contributed by atoms with Gasteiger partial charge in [-0.3, -0.25) is 16.0 Å². The average Bonchev–Trinajstić information content (AvgIpc) is 2.72. The summed E-state index contributed by atoms with van der Waals surface area (Å²) in [5.74, 6) is 9.35. The topological polar surface area (TPSA) is 55.9 Å². The SMILES string of the molecule is CCn1nc(C)c(Cl)c1CC(NN)C1CSCCS1. The highest BCUT2D eigenvalue weighted by molar-refractivity contribution is 8.06. The number of thioether (sulfide) groups is 2. The van der Waals surface area contributed by atoms with E-state index in [1.807, 2.05) is 35.1 Å². The molecule has 2 unspecified atom stereocenters. The Morgan fingerprint density at radius 2 is 2.37 bits per heavy atom. The normalized spacial score (nSPS) is 21.6. The van der Waals surface area contributed by atoms with E-state index in [2.05, 4.69) is 17.4 Å². The van der Waals surface area contributed by atoms with E-state index >= 15 is 0 Å². The molecule has 1 saturated heterocycles. The molecule has 0 spiro atoms. The molecule has 1 aromatic heterocycles. The molecule has 2 heterocycles. The Bertz CT molecular complexity index is 418. The summed E-state index contributed by atoms with van der Waals surface area (Å²) in [6, 6.07) is 0.247.